The van der Waals surface area contributed by atoms with E-state index in [1.165, 1.54) is 5.39 Å². The Hall–Kier alpha value is -3.13. The lowest BCUT2D eigenvalue weighted by Crippen LogP contribution is -1.96. The van der Waals surface area contributed by atoms with Gasteiger partial charge in [0.1, 0.15) is 5.82 Å². The van der Waals surface area contributed by atoms with Crippen molar-refractivity contribution in [1.82, 2.24) is 4.98 Å². The van der Waals surface area contributed by atoms with Crippen LogP contribution >= 0.6 is 0 Å². The lowest BCUT2D eigenvalue weighted by Gasteiger charge is -2.12. The number of benzene rings is 3. The third-order valence-corrected chi connectivity index (χ3v) is 3.85. The second-order valence-electron chi connectivity index (χ2n) is 5.43. The van der Waals surface area contributed by atoms with Crippen molar-refractivity contribution in [2.75, 3.05) is 5.32 Å². The number of hydrogen-bond donors (Lipinski definition) is 1. The Kier molecular flexibility index (Phi) is 3.49. The molecule has 4 rings (SSSR count). The van der Waals surface area contributed by atoms with Gasteiger partial charge in [-0.2, -0.15) is 0 Å². The van der Waals surface area contributed by atoms with E-state index in [1.807, 2.05) is 54.6 Å². The molecule has 3 aromatic carbocycles. The van der Waals surface area contributed by atoms with Crippen molar-refractivity contribution in [2.24, 2.45) is 0 Å². The summed E-state index contributed by atoms with van der Waals surface area (Å²) in [6.45, 7) is 0. The SMILES string of the molecule is c1ccc(Nc2nc(-c3ccccc3)cc3ccccc23)cc1. The van der Waals surface area contributed by atoms with Gasteiger partial charge in [-0.1, -0.05) is 72.8 Å². The fourth-order valence-corrected chi connectivity index (χ4v) is 2.71. The van der Waals surface area contributed by atoms with Crippen molar-refractivity contribution in [2.45, 2.75) is 0 Å². The fraction of sp³-hybridized carbons (Fsp3) is 0. The van der Waals surface area contributed by atoms with Crippen LogP contribution < -0.4 is 5.32 Å². The Balaban J connectivity index is 1.87. The Morgan fingerprint density at radius 1 is 0.652 bits per heavy atom. The molecule has 0 bridgehead atoms. The van der Waals surface area contributed by atoms with Gasteiger partial charge in [0.25, 0.3) is 0 Å². The van der Waals surface area contributed by atoms with E-state index in [2.05, 4.69) is 41.7 Å². The highest BCUT2D eigenvalue weighted by atomic mass is 15.0. The predicted molar refractivity (Wildman–Crippen MR) is 96.9 cm³/mol. The number of hydrogen-bond acceptors (Lipinski definition) is 2. The lowest BCUT2D eigenvalue weighted by molar-refractivity contribution is 1.33. The van der Waals surface area contributed by atoms with Crippen LogP contribution in [0.15, 0.2) is 91.0 Å². The topological polar surface area (TPSA) is 24.9 Å². The zero-order valence-electron chi connectivity index (χ0n) is 12.6. The molecule has 0 unspecified atom stereocenters. The Morgan fingerprint density at radius 2 is 1.30 bits per heavy atom. The Morgan fingerprint density at radius 3 is 2.09 bits per heavy atom. The highest BCUT2D eigenvalue weighted by molar-refractivity contribution is 5.95. The maximum atomic E-state index is 4.86. The van der Waals surface area contributed by atoms with Crippen LogP contribution in [0.1, 0.15) is 0 Å². The van der Waals surface area contributed by atoms with Crippen molar-refractivity contribution in [3.63, 3.8) is 0 Å². The summed E-state index contributed by atoms with van der Waals surface area (Å²) in [5.74, 6) is 0.883. The highest BCUT2D eigenvalue weighted by Crippen LogP contribution is 2.29. The molecule has 0 aliphatic rings. The van der Waals surface area contributed by atoms with Gasteiger partial charge in [0.05, 0.1) is 5.69 Å². The molecule has 2 heteroatoms. The summed E-state index contributed by atoms with van der Waals surface area (Å²) >= 11 is 0. The maximum absolute atomic E-state index is 4.86. The minimum atomic E-state index is 0.883. The average Bonchev–Trinajstić information content (AvgIpc) is 2.63. The van der Waals surface area contributed by atoms with Crippen LogP contribution in [-0.2, 0) is 0 Å². The minimum absolute atomic E-state index is 0.883. The number of anilines is 2. The van der Waals surface area contributed by atoms with Crippen molar-refractivity contribution in [1.29, 1.82) is 0 Å². The third-order valence-electron chi connectivity index (χ3n) is 3.85. The first-order valence-corrected chi connectivity index (χ1v) is 7.67. The molecule has 1 aromatic heterocycles. The molecule has 0 amide bonds. The summed E-state index contributed by atoms with van der Waals surface area (Å²) in [5.41, 5.74) is 3.13. The molecule has 0 radical (unpaired) electrons. The summed E-state index contributed by atoms with van der Waals surface area (Å²) in [5, 5.41) is 5.75. The van der Waals surface area contributed by atoms with E-state index >= 15 is 0 Å². The van der Waals surface area contributed by atoms with E-state index in [-0.39, 0.29) is 0 Å². The van der Waals surface area contributed by atoms with Crippen molar-refractivity contribution >= 4 is 22.3 Å². The molecule has 23 heavy (non-hydrogen) atoms. The lowest BCUT2D eigenvalue weighted by atomic mass is 10.1. The van der Waals surface area contributed by atoms with Crippen LogP contribution in [0.5, 0.6) is 0 Å². The molecule has 0 aliphatic heterocycles. The third kappa shape index (κ3) is 2.79. The van der Waals surface area contributed by atoms with Crippen LogP contribution in [0.2, 0.25) is 0 Å². The fourth-order valence-electron chi connectivity index (χ4n) is 2.71. The molecule has 110 valence electrons. The second-order valence-corrected chi connectivity index (χ2v) is 5.43. The molecule has 1 N–H and O–H groups in total. The van der Waals surface area contributed by atoms with Crippen LogP contribution in [0.3, 0.4) is 0 Å². The van der Waals surface area contributed by atoms with E-state index in [0.29, 0.717) is 0 Å². The quantitative estimate of drug-likeness (QED) is 0.528. The van der Waals surface area contributed by atoms with E-state index < -0.39 is 0 Å². The van der Waals surface area contributed by atoms with Crippen LogP contribution in [0.25, 0.3) is 22.0 Å². The predicted octanol–water partition coefficient (Wildman–Crippen LogP) is 5.65. The monoisotopic (exact) mass is 296 g/mol. The molecule has 0 saturated heterocycles. The maximum Gasteiger partial charge on any atom is 0.138 e. The molecule has 0 aliphatic carbocycles. The summed E-state index contributed by atoms with van der Waals surface area (Å²) in [6, 6.07) is 30.9. The Labute approximate surface area is 135 Å². The molecule has 0 atom stereocenters. The molecule has 0 saturated carbocycles. The molecule has 1 heterocycles. The summed E-state index contributed by atoms with van der Waals surface area (Å²) in [6.07, 6.45) is 0. The summed E-state index contributed by atoms with van der Waals surface area (Å²) in [4.78, 5) is 4.86. The zero-order valence-corrected chi connectivity index (χ0v) is 12.6. The van der Waals surface area contributed by atoms with E-state index in [9.17, 15) is 0 Å². The molecular formula is C21H16N2. The molecule has 0 fully saturated rings. The molecule has 0 spiro atoms. The van der Waals surface area contributed by atoms with Gasteiger partial charge in [-0.05, 0) is 23.6 Å². The van der Waals surface area contributed by atoms with E-state index in [4.69, 9.17) is 4.98 Å². The Bertz CT molecular complexity index is 931. The first-order chi connectivity index (χ1) is 11.4. The number of nitrogens with zero attached hydrogens (tertiary/aromatic N) is 1. The standard InChI is InChI=1S/C21H16N2/c1-3-9-16(10-4-1)20-15-17-11-7-8-14-19(17)21(23-20)22-18-12-5-2-6-13-18/h1-15H,(H,22,23). The van der Waals surface area contributed by atoms with Gasteiger partial charge in [-0.15, -0.1) is 0 Å². The number of aromatic nitrogens is 1. The van der Waals surface area contributed by atoms with Crippen molar-refractivity contribution < 1.29 is 0 Å². The van der Waals surface area contributed by atoms with Gasteiger partial charge in [-0.25, -0.2) is 4.98 Å². The second kappa shape index (κ2) is 5.93. The van der Waals surface area contributed by atoms with Crippen LogP contribution in [-0.4, -0.2) is 4.98 Å². The van der Waals surface area contributed by atoms with Gasteiger partial charge < -0.3 is 5.32 Å². The number of rotatable bonds is 3. The van der Waals surface area contributed by atoms with Crippen molar-refractivity contribution in [3.05, 3.63) is 91.0 Å². The molecule has 2 nitrogen and oxygen atoms in total. The summed E-state index contributed by atoms with van der Waals surface area (Å²) in [7, 11) is 0. The first-order valence-electron chi connectivity index (χ1n) is 7.67. The van der Waals surface area contributed by atoms with Crippen molar-refractivity contribution in [3.8, 4) is 11.3 Å². The first kappa shape index (κ1) is 13.5. The highest BCUT2D eigenvalue weighted by Gasteiger charge is 2.07. The van der Waals surface area contributed by atoms with E-state index in [0.717, 1.165) is 28.1 Å². The van der Waals surface area contributed by atoms with Gasteiger partial charge in [-0.3, -0.25) is 0 Å². The minimum Gasteiger partial charge on any atom is -0.340 e. The van der Waals surface area contributed by atoms with Gasteiger partial charge in [0, 0.05) is 16.6 Å². The van der Waals surface area contributed by atoms with Gasteiger partial charge in [0.2, 0.25) is 0 Å². The zero-order chi connectivity index (χ0) is 15.5. The van der Waals surface area contributed by atoms with Gasteiger partial charge >= 0.3 is 0 Å². The summed E-state index contributed by atoms with van der Waals surface area (Å²) < 4.78 is 0. The van der Waals surface area contributed by atoms with E-state index in [1.54, 1.807) is 0 Å². The van der Waals surface area contributed by atoms with Crippen LogP contribution in [0, 0.1) is 0 Å². The number of fused-ring (bicyclic) bond motifs is 1. The number of pyridine rings is 1. The number of para-hydroxylation sites is 1. The average molecular weight is 296 g/mol. The van der Waals surface area contributed by atoms with Gasteiger partial charge in [0.15, 0.2) is 0 Å². The smallest absolute Gasteiger partial charge is 0.138 e. The molecule has 4 aromatic rings. The normalized spacial score (nSPS) is 10.6. The van der Waals surface area contributed by atoms with Crippen LogP contribution in [0.4, 0.5) is 11.5 Å². The largest absolute Gasteiger partial charge is 0.340 e. The molecular weight excluding hydrogens is 280 g/mol. The number of nitrogens with one attached hydrogen (secondary N) is 1.